The Morgan fingerprint density at radius 3 is 2.78 bits per heavy atom. The largest absolute Gasteiger partial charge is 0.330 e. The fraction of sp³-hybridized carbons (Fsp3) is 0.133. The highest BCUT2D eigenvalue weighted by Gasteiger charge is 2.22. The van der Waals surface area contributed by atoms with Gasteiger partial charge in [0.05, 0.1) is 11.4 Å². The van der Waals surface area contributed by atoms with Crippen molar-refractivity contribution in [3.8, 4) is 0 Å². The summed E-state index contributed by atoms with van der Waals surface area (Å²) in [6, 6.07) is 16.1. The van der Waals surface area contributed by atoms with Gasteiger partial charge in [0.25, 0.3) is 0 Å². The lowest BCUT2D eigenvalue weighted by atomic mass is 10.1. The molecule has 1 N–H and O–H groups in total. The van der Waals surface area contributed by atoms with E-state index in [1.807, 2.05) is 41.3 Å². The van der Waals surface area contributed by atoms with Gasteiger partial charge in [-0.05, 0) is 36.8 Å². The van der Waals surface area contributed by atoms with Gasteiger partial charge in [-0.15, -0.1) is 0 Å². The van der Waals surface area contributed by atoms with Gasteiger partial charge in [-0.1, -0.05) is 24.3 Å². The summed E-state index contributed by atoms with van der Waals surface area (Å²) in [5.41, 5.74) is 4.16. The van der Waals surface area contributed by atoms with Crippen molar-refractivity contribution in [3.05, 3.63) is 54.1 Å². The number of hydrogen-bond acceptors (Lipinski definition) is 2. The molecule has 3 nitrogen and oxygen atoms in total. The Kier molecular flexibility index (Phi) is 2.52. The lowest BCUT2D eigenvalue weighted by molar-refractivity contribution is -0.115. The second kappa shape index (κ2) is 4.18. The molecule has 0 bridgehead atoms. The number of benzene rings is 2. The molecule has 2 aromatic carbocycles. The van der Waals surface area contributed by atoms with E-state index in [0.717, 1.165) is 17.1 Å². The van der Waals surface area contributed by atoms with E-state index in [4.69, 9.17) is 0 Å². The number of para-hydroxylation sites is 2. The average molecular weight is 238 g/mol. The standard InChI is InChI=1S/C15H14N2O/c1-11-5-4-6-12(9-11)17-10-15(18)16-13-7-2-3-8-14(13)17/h2-9H,10H2,1H3,(H,16,18). The average Bonchev–Trinajstić information content (AvgIpc) is 2.37. The van der Waals surface area contributed by atoms with E-state index in [1.54, 1.807) is 0 Å². The van der Waals surface area contributed by atoms with Gasteiger partial charge in [0, 0.05) is 5.69 Å². The van der Waals surface area contributed by atoms with Crippen LogP contribution in [-0.4, -0.2) is 12.5 Å². The van der Waals surface area contributed by atoms with Crippen molar-refractivity contribution in [1.29, 1.82) is 0 Å². The summed E-state index contributed by atoms with van der Waals surface area (Å²) in [6.45, 7) is 2.42. The third-order valence-electron chi connectivity index (χ3n) is 3.08. The van der Waals surface area contributed by atoms with Crippen LogP contribution in [0, 0.1) is 6.92 Å². The van der Waals surface area contributed by atoms with E-state index >= 15 is 0 Å². The minimum absolute atomic E-state index is 0.0233. The van der Waals surface area contributed by atoms with Crippen LogP contribution in [0.1, 0.15) is 5.56 Å². The third kappa shape index (κ3) is 1.84. The molecule has 0 saturated heterocycles. The second-order valence-corrected chi connectivity index (χ2v) is 4.49. The molecule has 0 fully saturated rings. The van der Waals surface area contributed by atoms with E-state index < -0.39 is 0 Å². The molecule has 0 atom stereocenters. The van der Waals surface area contributed by atoms with Gasteiger partial charge in [0.15, 0.2) is 0 Å². The smallest absolute Gasteiger partial charge is 0.244 e. The maximum absolute atomic E-state index is 11.7. The monoisotopic (exact) mass is 238 g/mol. The molecule has 1 aliphatic rings. The van der Waals surface area contributed by atoms with Gasteiger partial charge >= 0.3 is 0 Å². The SMILES string of the molecule is Cc1cccc(N2CC(=O)Nc3ccccc32)c1. The second-order valence-electron chi connectivity index (χ2n) is 4.49. The molecule has 0 spiro atoms. The molecule has 0 aliphatic carbocycles. The molecule has 2 aromatic rings. The first-order chi connectivity index (χ1) is 8.74. The number of aryl methyl sites for hydroxylation is 1. The number of rotatable bonds is 1. The maximum atomic E-state index is 11.7. The van der Waals surface area contributed by atoms with Crippen molar-refractivity contribution >= 4 is 23.0 Å². The summed E-state index contributed by atoms with van der Waals surface area (Å²) in [5, 5.41) is 2.89. The molecule has 1 heterocycles. The van der Waals surface area contributed by atoms with Gasteiger partial charge in [-0.2, -0.15) is 0 Å². The fourth-order valence-corrected chi connectivity index (χ4v) is 2.26. The number of hydrogen-bond donors (Lipinski definition) is 1. The summed E-state index contributed by atoms with van der Waals surface area (Å²) >= 11 is 0. The predicted molar refractivity (Wildman–Crippen MR) is 73.3 cm³/mol. The summed E-state index contributed by atoms with van der Waals surface area (Å²) in [5.74, 6) is 0.0233. The van der Waals surface area contributed by atoms with E-state index in [9.17, 15) is 4.79 Å². The minimum atomic E-state index is 0.0233. The molecule has 3 rings (SSSR count). The van der Waals surface area contributed by atoms with Crippen LogP contribution >= 0.6 is 0 Å². The van der Waals surface area contributed by atoms with Crippen molar-refractivity contribution in [3.63, 3.8) is 0 Å². The Morgan fingerprint density at radius 1 is 1.11 bits per heavy atom. The zero-order valence-electron chi connectivity index (χ0n) is 10.2. The number of carbonyl (C=O) groups excluding carboxylic acids is 1. The zero-order chi connectivity index (χ0) is 12.5. The lowest BCUT2D eigenvalue weighted by Gasteiger charge is -2.31. The van der Waals surface area contributed by atoms with Crippen LogP contribution in [0.5, 0.6) is 0 Å². The number of anilines is 3. The van der Waals surface area contributed by atoms with Crippen molar-refractivity contribution < 1.29 is 4.79 Å². The maximum Gasteiger partial charge on any atom is 0.244 e. The van der Waals surface area contributed by atoms with Gasteiger partial charge in [-0.25, -0.2) is 0 Å². The van der Waals surface area contributed by atoms with Crippen LogP contribution in [0.4, 0.5) is 17.1 Å². The van der Waals surface area contributed by atoms with Gasteiger partial charge in [0.1, 0.15) is 6.54 Å². The molecule has 0 saturated carbocycles. The van der Waals surface area contributed by atoms with Crippen LogP contribution in [-0.2, 0) is 4.79 Å². The van der Waals surface area contributed by atoms with E-state index in [0.29, 0.717) is 6.54 Å². The minimum Gasteiger partial charge on any atom is -0.330 e. The number of fused-ring (bicyclic) bond motifs is 1. The van der Waals surface area contributed by atoms with E-state index in [2.05, 4.69) is 24.4 Å². The van der Waals surface area contributed by atoms with Crippen molar-refractivity contribution in [2.75, 3.05) is 16.8 Å². The lowest BCUT2D eigenvalue weighted by Crippen LogP contribution is -2.34. The van der Waals surface area contributed by atoms with Crippen LogP contribution in [0.15, 0.2) is 48.5 Å². The molecular formula is C15H14N2O. The highest BCUT2D eigenvalue weighted by atomic mass is 16.2. The first kappa shape index (κ1) is 10.8. The summed E-state index contributed by atoms with van der Waals surface area (Å²) in [4.78, 5) is 13.8. The highest BCUT2D eigenvalue weighted by molar-refractivity contribution is 6.03. The van der Waals surface area contributed by atoms with Crippen molar-refractivity contribution in [2.24, 2.45) is 0 Å². The zero-order valence-corrected chi connectivity index (χ0v) is 10.2. The number of nitrogens with zero attached hydrogens (tertiary/aromatic N) is 1. The molecule has 90 valence electrons. The number of amides is 1. The van der Waals surface area contributed by atoms with Crippen LogP contribution in [0.3, 0.4) is 0 Å². The van der Waals surface area contributed by atoms with Crippen LogP contribution < -0.4 is 10.2 Å². The number of carbonyl (C=O) groups is 1. The van der Waals surface area contributed by atoms with Gasteiger partial charge in [-0.3, -0.25) is 4.79 Å². The molecule has 0 aromatic heterocycles. The molecule has 1 aliphatic heterocycles. The molecule has 1 amide bonds. The quantitative estimate of drug-likeness (QED) is 0.828. The highest BCUT2D eigenvalue weighted by Crippen LogP contribution is 2.34. The first-order valence-electron chi connectivity index (χ1n) is 5.97. The molecule has 0 radical (unpaired) electrons. The van der Waals surface area contributed by atoms with Crippen LogP contribution in [0.2, 0.25) is 0 Å². The molecule has 0 unspecified atom stereocenters. The molecule has 18 heavy (non-hydrogen) atoms. The van der Waals surface area contributed by atoms with Gasteiger partial charge in [0.2, 0.25) is 5.91 Å². The Labute approximate surface area is 106 Å². The first-order valence-corrected chi connectivity index (χ1v) is 5.97. The van der Waals surface area contributed by atoms with Crippen molar-refractivity contribution in [2.45, 2.75) is 6.92 Å². The Balaban J connectivity index is 2.10. The van der Waals surface area contributed by atoms with Crippen LogP contribution in [0.25, 0.3) is 0 Å². The summed E-state index contributed by atoms with van der Waals surface area (Å²) in [6.07, 6.45) is 0. The summed E-state index contributed by atoms with van der Waals surface area (Å²) < 4.78 is 0. The number of nitrogens with one attached hydrogen (secondary N) is 1. The Hall–Kier alpha value is -2.29. The van der Waals surface area contributed by atoms with E-state index in [1.165, 1.54) is 5.56 Å². The summed E-state index contributed by atoms with van der Waals surface area (Å²) in [7, 11) is 0. The Morgan fingerprint density at radius 2 is 1.94 bits per heavy atom. The fourth-order valence-electron chi connectivity index (χ4n) is 2.26. The third-order valence-corrected chi connectivity index (χ3v) is 3.08. The normalized spacial score (nSPS) is 14.1. The topological polar surface area (TPSA) is 32.3 Å². The molecular weight excluding hydrogens is 224 g/mol. The van der Waals surface area contributed by atoms with E-state index in [-0.39, 0.29) is 5.91 Å². The predicted octanol–water partition coefficient (Wildman–Crippen LogP) is 3.09. The molecule has 3 heteroatoms. The Bertz CT molecular complexity index is 607. The van der Waals surface area contributed by atoms with Gasteiger partial charge < -0.3 is 10.2 Å². The van der Waals surface area contributed by atoms with Crippen molar-refractivity contribution in [1.82, 2.24) is 0 Å².